The highest BCUT2D eigenvalue weighted by atomic mass is 79.9. The number of hydrogen-bond donors (Lipinski definition) is 1. The van der Waals surface area contributed by atoms with Crippen molar-refractivity contribution in [2.24, 2.45) is 0 Å². The Kier molecular flexibility index (Phi) is 5.86. The van der Waals surface area contributed by atoms with Crippen LogP contribution in [0.2, 0.25) is 0 Å². The predicted octanol–water partition coefficient (Wildman–Crippen LogP) is 3.99. The molecule has 0 radical (unpaired) electrons. The van der Waals surface area contributed by atoms with Gasteiger partial charge in [-0.15, -0.1) is 0 Å². The van der Waals surface area contributed by atoms with Crippen LogP contribution in [0, 0.1) is 0 Å². The fraction of sp³-hybridized carbons (Fsp3) is 0.364. The number of carbonyl (C=O) groups is 2. The van der Waals surface area contributed by atoms with Gasteiger partial charge in [0.25, 0.3) is 5.91 Å². The van der Waals surface area contributed by atoms with Crippen molar-refractivity contribution < 1.29 is 18.0 Å². The Hall–Kier alpha value is -2.19. The summed E-state index contributed by atoms with van der Waals surface area (Å²) in [5.41, 5.74) is 0.515. The van der Waals surface area contributed by atoms with Gasteiger partial charge in [0, 0.05) is 11.0 Å². The highest BCUT2D eigenvalue weighted by Gasteiger charge is 2.49. The normalized spacial score (nSPS) is 19.8. The number of hydrogen-bond acceptors (Lipinski definition) is 4. The zero-order valence-electron chi connectivity index (χ0n) is 17.4. The Bertz CT molecular complexity index is 1070. The number of amides is 3. The first-order valence-corrected chi connectivity index (χ1v) is 12.0. The molecule has 0 aromatic heterocycles. The number of carbonyl (C=O) groups excluding carboxylic acids is 2. The highest BCUT2D eigenvalue weighted by Crippen LogP contribution is 2.31. The lowest BCUT2D eigenvalue weighted by Gasteiger charge is -2.24. The molecule has 1 saturated heterocycles. The summed E-state index contributed by atoms with van der Waals surface area (Å²) in [5.74, 6) is -0.797. The first-order valence-electron chi connectivity index (χ1n) is 9.58. The first kappa shape index (κ1) is 22.5. The van der Waals surface area contributed by atoms with Crippen LogP contribution >= 0.6 is 15.9 Å². The lowest BCUT2D eigenvalue weighted by molar-refractivity contribution is -0.130. The Morgan fingerprint density at radius 3 is 2.10 bits per heavy atom. The summed E-state index contributed by atoms with van der Waals surface area (Å²) in [6.45, 7) is 7.72. The summed E-state index contributed by atoms with van der Waals surface area (Å²) in [6.07, 6.45) is 0. The topological polar surface area (TPSA) is 83.6 Å². The third kappa shape index (κ3) is 4.30. The molecule has 1 unspecified atom stereocenters. The van der Waals surface area contributed by atoms with Crippen LogP contribution in [0.4, 0.5) is 4.79 Å². The van der Waals surface area contributed by atoms with Crippen molar-refractivity contribution in [1.82, 2.24) is 10.2 Å². The summed E-state index contributed by atoms with van der Waals surface area (Å²) in [6, 6.07) is 13.2. The average Bonchev–Trinajstić information content (AvgIpc) is 2.89. The molecule has 1 atom stereocenters. The fourth-order valence-corrected chi connectivity index (χ4v) is 4.84. The van der Waals surface area contributed by atoms with Gasteiger partial charge in [0.05, 0.1) is 10.6 Å². The second-order valence-corrected chi connectivity index (χ2v) is 11.6. The molecular formula is C22H25BrN2O4S. The van der Waals surface area contributed by atoms with Crippen molar-refractivity contribution in [2.75, 3.05) is 12.3 Å². The minimum Gasteiger partial charge on any atom is -0.319 e. The number of halogens is 1. The Morgan fingerprint density at radius 1 is 1.00 bits per heavy atom. The molecule has 1 N–H and O–H groups in total. The van der Waals surface area contributed by atoms with Crippen molar-refractivity contribution in [3.05, 3.63) is 64.1 Å². The zero-order chi connectivity index (χ0) is 22.3. The molecule has 1 heterocycles. The molecule has 3 amide bonds. The molecule has 1 fully saturated rings. The largest absolute Gasteiger partial charge is 0.325 e. The van der Waals surface area contributed by atoms with Crippen LogP contribution in [-0.2, 0) is 25.6 Å². The maximum Gasteiger partial charge on any atom is 0.325 e. The van der Waals surface area contributed by atoms with Gasteiger partial charge in [0.1, 0.15) is 5.54 Å². The summed E-state index contributed by atoms with van der Waals surface area (Å²) in [5, 5.41) is 2.72. The van der Waals surface area contributed by atoms with Gasteiger partial charge in [-0.05, 0) is 47.7 Å². The average molecular weight is 493 g/mol. The molecule has 2 aromatic rings. The fourth-order valence-electron chi connectivity index (χ4n) is 3.37. The number of nitrogens with one attached hydrogen (secondary N) is 1. The van der Waals surface area contributed by atoms with Crippen molar-refractivity contribution in [3.8, 4) is 0 Å². The zero-order valence-corrected chi connectivity index (χ0v) is 19.8. The number of rotatable bonds is 5. The summed E-state index contributed by atoms with van der Waals surface area (Å²) < 4.78 is 26.0. The van der Waals surface area contributed by atoms with Gasteiger partial charge in [-0.3, -0.25) is 9.69 Å². The third-order valence-corrected chi connectivity index (χ3v) is 7.60. The van der Waals surface area contributed by atoms with Crippen LogP contribution in [0.15, 0.2) is 57.9 Å². The lowest BCUT2D eigenvalue weighted by Crippen LogP contribution is -2.41. The molecule has 1 aliphatic rings. The van der Waals surface area contributed by atoms with Gasteiger partial charge in [0.15, 0.2) is 9.84 Å². The van der Waals surface area contributed by atoms with E-state index in [4.69, 9.17) is 0 Å². The number of imide groups is 1. The van der Waals surface area contributed by atoms with E-state index < -0.39 is 27.3 Å². The van der Waals surface area contributed by atoms with Crippen molar-refractivity contribution in [3.63, 3.8) is 0 Å². The van der Waals surface area contributed by atoms with E-state index >= 15 is 0 Å². The van der Waals surface area contributed by atoms with Gasteiger partial charge in [-0.25, -0.2) is 13.2 Å². The second-order valence-electron chi connectivity index (χ2n) is 8.61. The molecule has 6 nitrogen and oxygen atoms in total. The molecule has 0 saturated carbocycles. The van der Waals surface area contributed by atoms with Crippen LogP contribution in [0.5, 0.6) is 0 Å². The maximum absolute atomic E-state index is 13.1. The lowest BCUT2D eigenvalue weighted by atomic mass is 9.84. The van der Waals surface area contributed by atoms with E-state index in [-0.39, 0.29) is 22.6 Å². The van der Waals surface area contributed by atoms with E-state index in [9.17, 15) is 18.0 Å². The standard InChI is InChI=1S/C22H25BrN2O4S/c1-21(2,3)15-5-7-16(8-6-15)22(4)19(26)25(20(27)24-22)13-14-30(28,29)18-11-9-17(23)10-12-18/h5-12H,13-14H2,1-4H3,(H,24,27). The van der Waals surface area contributed by atoms with E-state index in [0.29, 0.717) is 5.56 Å². The van der Waals surface area contributed by atoms with E-state index in [1.165, 1.54) is 12.1 Å². The molecule has 0 bridgehead atoms. The third-order valence-electron chi connectivity index (χ3n) is 5.36. The number of benzene rings is 2. The quantitative estimate of drug-likeness (QED) is 0.639. The first-order chi connectivity index (χ1) is 13.8. The molecule has 0 spiro atoms. The smallest absolute Gasteiger partial charge is 0.319 e. The van der Waals surface area contributed by atoms with E-state index in [0.717, 1.165) is 14.9 Å². The molecule has 0 aliphatic carbocycles. The van der Waals surface area contributed by atoms with Crippen molar-refractivity contribution in [1.29, 1.82) is 0 Å². The number of urea groups is 1. The molecule has 1 aliphatic heterocycles. The molecular weight excluding hydrogens is 468 g/mol. The predicted molar refractivity (Wildman–Crippen MR) is 119 cm³/mol. The van der Waals surface area contributed by atoms with Crippen molar-refractivity contribution in [2.45, 2.75) is 43.5 Å². The van der Waals surface area contributed by atoms with Gasteiger partial charge in [-0.2, -0.15) is 0 Å². The van der Waals surface area contributed by atoms with Crippen LogP contribution in [-0.4, -0.2) is 37.6 Å². The SMILES string of the molecule is CC(C)(C)c1ccc(C2(C)NC(=O)N(CCS(=O)(=O)c3ccc(Br)cc3)C2=O)cc1. The molecule has 3 rings (SSSR count). The van der Waals surface area contributed by atoms with Crippen LogP contribution < -0.4 is 5.32 Å². The van der Waals surface area contributed by atoms with E-state index in [1.807, 2.05) is 24.3 Å². The van der Waals surface area contributed by atoms with Gasteiger partial charge >= 0.3 is 6.03 Å². The minimum atomic E-state index is -3.63. The summed E-state index contributed by atoms with van der Waals surface area (Å²) in [7, 11) is -3.63. The number of sulfone groups is 1. The molecule has 160 valence electrons. The Morgan fingerprint density at radius 2 is 1.57 bits per heavy atom. The van der Waals surface area contributed by atoms with Crippen LogP contribution in [0.25, 0.3) is 0 Å². The van der Waals surface area contributed by atoms with Gasteiger partial charge in [0.2, 0.25) is 0 Å². The Labute approximate surface area is 185 Å². The minimum absolute atomic E-state index is 0.0320. The van der Waals surface area contributed by atoms with E-state index in [2.05, 4.69) is 42.0 Å². The highest BCUT2D eigenvalue weighted by molar-refractivity contribution is 9.10. The van der Waals surface area contributed by atoms with Crippen molar-refractivity contribution >= 4 is 37.7 Å². The summed E-state index contributed by atoms with van der Waals surface area (Å²) in [4.78, 5) is 26.7. The van der Waals surface area contributed by atoms with Gasteiger partial charge in [-0.1, -0.05) is 61.0 Å². The molecule has 30 heavy (non-hydrogen) atoms. The van der Waals surface area contributed by atoms with Crippen LogP contribution in [0.3, 0.4) is 0 Å². The second kappa shape index (κ2) is 7.81. The number of nitrogens with zero attached hydrogens (tertiary/aromatic N) is 1. The monoisotopic (exact) mass is 492 g/mol. The van der Waals surface area contributed by atoms with E-state index in [1.54, 1.807) is 19.1 Å². The summed E-state index contributed by atoms with van der Waals surface area (Å²) >= 11 is 3.27. The molecule has 2 aromatic carbocycles. The Balaban J connectivity index is 1.78. The van der Waals surface area contributed by atoms with Gasteiger partial charge < -0.3 is 5.32 Å². The maximum atomic E-state index is 13.1. The van der Waals surface area contributed by atoms with Crippen LogP contribution in [0.1, 0.15) is 38.8 Å². The molecule has 8 heteroatoms.